The molecule has 3 nitrogen and oxygen atoms in total. The minimum Gasteiger partial charge on any atom is -0.396 e. The Kier molecular flexibility index (Phi) is 8.89. The molecule has 0 heterocycles. The lowest BCUT2D eigenvalue weighted by Gasteiger charge is -2.27. The summed E-state index contributed by atoms with van der Waals surface area (Å²) in [5, 5.41) is 7.84. The second kappa shape index (κ2) is 9.16. The van der Waals surface area contributed by atoms with Gasteiger partial charge < -0.3 is 14.8 Å². The van der Waals surface area contributed by atoms with E-state index in [9.17, 15) is 4.79 Å². The molecule has 14 heavy (non-hydrogen) atoms. The Morgan fingerprint density at radius 1 is 1.29 bits per heavy atom. The molecule has 0 bridgehead atoms. The van der Waals surface area contributed by atoms with E-state index in [0.717, 1.165) is 6.04 Å². The van der Waals surface area contributed by atoms with Gasteiger partial charge in [0.1, 0.15) is 6.29 Å². The Hall–Kier alpha value is -0.410. The zero-order valence-corrected chi connectivity index (χ0v) is 9.41. The van der Waals surface area contributed by atoms with Gasteiger partial charge in [-0.05, 0) is 26.9 Å². The molecule has 0 aliphatic heterocycles. The molecule has 0 unspecified atom stereocenters. The molecule has 0 radical (unpaired) electrons. The maximum absolute atomic E-state index is 9.24. The number of carbonyl (C=O) groups is 1. The van der Waals surface area contributed by atoms with Crippen LogP contribution < -0.4 is 0 Å². The van der Waals surface area contributed by atoms with Gasteiger partial charge in [0.2, 0.25) is 0 Å². The largest absolute Gasteiger partial charge is 0.396 e. The molecule has 1 saturated carbocycles. The highest BCUT2D eigenvalue weighted by molar-refractivity contribution is 5.49. The number of hydrogen-bond donors (Lipinski definition) is 1. The van der Waals surface area contributed by atoms with Gasteiger partial charge in [-0.2, -0.15) is 0 Å². The van der Waals surface area contributed by atoms with Crippen LogP contribution in [0.1, 0.15) is 38.5 Å². The monoisotopic (exact) mass is 201 g/mol. The minimum atomic E-state index is -0.0243. The normalized spacial score (nSPS) is 17.4. The zero-order chi connectivity index (χ0) is 10.8. The van der Waals surface area contributed by atoms with Crippen molar-refractivity contribution in [2.45, 2.75) is 44.6 Å². The van der Waals surface area contributed by atoms with Crippen LogP contribution in [-0.2, 0) is 4.79 Å². The van der Waals surface area contributed by atoms with Crippen molar-refractivity contribution in [3.05, 3.63) is 0 Å². The Balaban J connectivity index is 0.000000292. The van der Waals surface area contributed by atoms with E-state index in [2.05, 4.69) is 19.0 Å². The van der Waals surface area contributed by atoms with Gasteiger partial charge in [0.05, 0.1) is 0 Å². The third-order valence-corrected chi connectivity index (χ3v) is 2.55. The average molecular weight is 201 g/mol. The lowest BCUT2D eigenvalue weighted by molar-refractivity contribution is -0.108. The lowest BCUT2D eigenvalue weighted by Crippen LogP contribution is -2.29. The van der Waals surface area contributed by atoms with Gasteiger partial charge in [-0.15, -0.1) is 0 Å². The van der Waals surface area contributed by atoms with Gasteiger partial charge in [0.15, 0.2) is 0 Å². The van der Waals surface area contributed by atoms with Crippen molar-refractivity contribution in [2.24, 2.45) is 0 Å². The molecular weight excluding hydrogens is 178 g/mol. The van der Waals surface area contributed by atoms with E-state index in [1.807, 2.05) is 0 Å². The van der Waals surface area contributed by atoms with Gasteiger partial charge in [-0.1, -0.05) is 19.3 Å². The van der Waals surface area contributed by atoms with Gasteiger partial charge in [0.25, 0.3) is 0 Å². The second-order valence-corrected chi connectivity index (χ2v) is 3.93. The molecule has 0 amide bonds. The van der Waals surface area contributed by atoms with Gasteiger partial charge in [0, 0.05) is 19.1 Å². The second-order valence-electron chi connectivity index (χ2n) is 3.93. The molecule has 1 aliphatic carbocycles. The van der Waals surface area contributed by atoms with E-state index in [4.69, 9.17) is 5.11 Å². The first-order valence-corrected chi connectivity index (χ1v) is 5.43. The molecule has 84 valence electrons. The van der Waals surface area contributed by atoms with E-state index >= 15 is 0 Å². The number of carbonyl (C=O) groups excluding carboxylic acids is 1. The summed E-state index contributed by atoms with van der Waals surface area (Å²) in [6.07, 6.45) is 8.15. The molecule has 1 aliphatic rings. The summed E-state index contributed by atoms with van der Waals surface area (Å²) in [4.78, 5) is 11.6. The minimum absolute atomic E-state index is 0.0243. The first-order chi connectivity index (χ1) is 6.72. The Morgan fingerprint density at radius 3 is 2.07 bits per heavy atom. The first-order valence-electron chi connectivity index (χ1n) is 5.43. The molecule has 0 saturated heterocycles. The maximum atomic E-state index is 9.24. The summed E-state index contributed by atoms with van der Waals surface area (Å²) in [6, 6.07) is 0.888. The van der Waals surface area contributed by atoms with E-state index in [-0.39, 0.29) is 13.0 Å². The van der Waals surface area contributed by atoms with Crippen molar-refractivity contribution in [2.75, 3.05) is 20.7 Å². The highest BCUT2D eigenvalue weighted by Crippen LogP contribution is 2.20. The summed E-state index contributed by atoms with van der Waals surface area (Å²) in [6.45, 7) is -0.0243. The maximum Gasteiger partial charge on any atom is 0.122 e. The van der Waals surface area contributed by atoms with Crippen molar-refractivity contribution in [3.8, 4) is 0 Å². The number of nitrogens with zero attached hydrogens (tertiary/aromatic N) is 1. The predicted molar refractivity (Wildman–Crippen MR) is 58.3 cm³/mol. The molecule has 1 rings (SSSR count). The summed E-state index contributed by atoms with van der Waals surface area (Å²) in [5.41, 5.74) is 0. The standard InChI is InChI=1S/C8H17N.C3H6O2/c1-9(2)8-6-4-3-5-7-8;4-2-1-3-5/h8H,3-7H2,1-2H3;2,5H,1,3H2. The Labute approximate surface area is 87.1 Å². The van der Waals surface area contributed by atoms with Gasteiger partial charge in [-0.25, -0.2) is 0 Å². The molecular formula is C11H23NO2. The van der Waals surface area contributed by atoms with E-state index in [1.54, 1.807) is 0 Å². The first kappa shape index (κ1) is 13.6. The topological polar surface area (TPSA) is 40.5 Å². The molecule has 1 N–H and O–H groups in total. The molecule has 0 aromatic rings. The molecule has 0 spiro atoms. The van der Waals surface area contributed by atoms with E-state index in [1.165, 1.54) is 32.1 Å². The number of rotatable bonds is 3. The van der Waals surface area contributed by atoms with Crippen LogP contribution in [0.2, 0.25) is 0 Å². The van der Waals surface area contributed by atoms with Crippen molar-refractivity contribution in [3.63, 3.8) is 0 Å². The molecule has 0 aromatic carbocycles. The van der Waals surface area contributed by atoms with Gasteiger partial charge >= 0.3 is 0 Å². The van der Waals surface area contributed by atoms with Crippen LogP contribution in [0.25, 0.3) is 0 Å². The number of hydrogen-bond acceptors (Lipinski definition) is 3. The fourth-order valence-electron chi connectivity index (χ4n) is 1.65. The van der Waals surface area contributed by atoms with Crippen LogP contribution >= 0.6 is 0 Å². The van der Waals surface area contributed by atoms with Crippen LogP contribution in [0.4, 0.5) is 0 Å². The number of aldehydes is 1. The summed E-state index contributed by atoms with van der Waals surface area (Å²) in [5.74, 6) is 0. The summed E-state index contributed by atoms with van der Waals surface area (Å²) in [7, 11) is 4.38. The lowest BCUT2D eigenvalue weighted by atomic mass is 9.95. The fourth-order valence-corrected chi connectivity index (χ4v) is 1.65. The fraction of sp³-hybridized carbons (Fsp3) is 0.909. The predicted octanol–water partition coefficient (Wildman–Crippen LogP) is 1.45. The van der Waals surface area contributed by atoms with Crippen LogP contribution in [0.3, 0.4) is 0 Å². The quantitative estimate of drug-likeness (QED) is 0.703. The van der Waals surface area contributed by atoms with Crippen molar-refractivity contribution >= 4 is 6.29 Å². The Bertz CT molecular complexity index is 131. The smallest absolute Gasteiger partial charge is 0.122 e. The Morgan fingerprint density at radius 2 is 1.86 bits per heavy atom. The van der Waals surface area contributed by atoms with Crippen molar-refractivity contribution < 1.29 is 9.90 Å². The number of aliphatic hydroxyl groups is 1. The summed E-state index contributed by atoms with van der Waals surface area (Å²) < 4.78 is 0. The SMILES string of the molecule is CN(C)C1CCCCC1.O=CCCO. The third-order valence-electron chi connectivity index (χ3n) is 2.55. The van der Waals surface area contributed by atoms with E-state index in [0.29, 0.717) is 6.29 Å². The molecule has 0 atom stereocenters. The highest BCUT2D eigenvalue weighted by atomic mass is 16.3. The van der Waals surface area contributed by atoms with Crippen LogP contribution in [0, 0.1) is 0 Å². The average Bonchev–Trinajstić information content (AvgIpc) is 2.21. The third kappa shape index (κ3) is 7.04. The summed E-state index contributed by atoms with van der Waals surface area (Å²) >= 11 is 0. The van der Waals surface area contributed by atoms with Crippen molar-refractivity contribution in [1.82, 2.24) is 4.90 Å². The van der Waals surface area contributed by atoms with Crippen molar-refractivity contribution in [1.29, 1.82) is 0 Å². The van der Waals surface area contributed by atoms with Gasteiger partial charge in [-0.3, -0.25) is 0 Å². The van der Waals surface area contributed by atoms with E-state index < -0.39 is 0 Å². The zero-order valence-electron chi connectivity index (χ0n) is 9.41. The molecule has 1 fully saturated rings. The van der Waals surface area contributed by atoms with Crippen LogP contribution in [-0.4, -0.2) is 43.0 Å². The number of aliphatic hydroxyl groups excluding tert-OH is 1. The van der Waals surface area contributed by atoms with Crippen LogP contribution in [0.5, 0.6) is 0 Å². The van der Waals surface area contributed by atoms with Crippen LogP contribution in [0.15, 0.2) is 0 Å². The molecule has 0 aromatic heterocycles. The molecule has 3 heteroatoms. The highest BCUT2D eigenvalue weighted by Gasteiger charge is 2.13.